The summed E-state index contributed by atoms with van der Waals surface area (Å²) < 4.78 is 11.7. The Kier molecular flexibility index (Phi) is 9.55. The Morgan fingerprint density at radius 2 is 1.55 bits per heavy atom. The summed E-state index contributed by atoms with van der Waals surface area (Å²) >= 11 is 0. The first kappa shape index (κ1) is 22.8. The fraction of sp³-hybridized carbons (Fsp3) is 0.280. The zero-order chi connectivity index (χ0) is 19.6. The first-order chi connectivity index (χ1) is 13.8. The second-order valence-corrected chi connectivity index (χ2v) is 6.86. The molecule has 0 bridgehead atoms. The van der Waals surface area contributed by atoms with E-state index in [4.69, 9.17) is 9.47 Å². The second kappa shape index (κ2) is 12.2. The Morgan fingerprint density at radius 1 is 0.862 bits per heavy atom. The summed E-state index contributed by atoms with van der Waals surface area (Å²) in [6.45, 7) is 3.46. The maximum atomic E-state index is 6.18. The second-order valence-electron chi connectivity index (χ2n) is 6.86. The monoisotopic (exact) mass is 411 g/mol. The Labute approximate surface area is 180 Å². The summed E-state index contributed by atoms with van der Waals surface area (Å²) in [6.07, 6.45) is 2.22. The lowest BCUT2D eigenvalue weighted by molar-refractivity contribution is 0.280. The molecule has 0 saturated heterocycles. The molecule has 0 radical (unpaired) electrons. The predicted molar refractivity (Wildman–Crippen MR) is 122 cm³/mol. The Bertz CT molecular complexity index is 840. The number of halogens is 1. The van der Waals surface area contributed by atoms with Gasteiger partial charge in [-0.1, -0.05) is 86.1 Å². The van der Waals surface area contributed by atoms with Gasteiger partial charge in [-0.25, -0.2) is 0 Å². The predicted octanol–water partition coefficient (Wildman–Crippen LogP) is 6.33. The summed E-state index contributed by atoms with van der Waals surface area (Å²) in [5.41, 5.74) is 3.56. The number of rotatable bonds is 10. The first-order valence-corrected chi connectivity index (χ1v) is 9.92. The van der Waals surface area contributed by atoms with E-state index in [1.807, 2.05) is 30.3 Å². The maximum absolute atomic E-state index is 6.18. The van der Waals surface area contributed by atoms with E-state index in [1.54, 1.807) is 7.11 Å². The summed E-state index contributed by atoms with van der Waals surface area (Å²) in [5.74, 6) is 1.58. The van der Waals surface area contributed by atoms with Crippen LogP contribution < -0.4 is 14.8 Å². The molecular formula is C25H30ClNO2. The molecule has 154 valence electrons. The average Bonchev–Trinajstić information content (AvgIpc) is 2.76. The Hall–Kier alpha value is -2.49. The molecule has 0 amide bonds. The van der Waals surface area contributed by atoms with Crippen LogP contribution in [0.3, 0.4) is 0 Å². The largest absolute Gasteiger partial charge is 0.493 e. The number of hydrogen-bond acceptors (Lipinski definition) is 3. The highest BCUT2D eigenvalue weighted by atomic mass is 35.5. The third-order valence-electron chi connectivity index (χ3n) is 4.82. The highest BCUT2D eigenvalue weighted by molar-refractivity contribution is 5.85. The van der Waals surface area contributed by atoms with Gasteiger partial charge in [0, 0.05) is 18.2 Å². The van der Waals surface area contributed by atoms with Gasteiger partial charge in [0.15, 0.2) is 11.5 Å². The molecule has 3 aromatic carbocycles. The molecule has 1 N–H and O–H groups in total. The van der Waals surface area contributed by atoms with Gasteiger partial charge in [0.2, 0.25) is 0 Å². The van der Waals surface area contributed by atoms with Crippen molar-refractivity contribution in [1.82, 2.24) is 5.32 Å². The van der Waals surface area contributed by atoms with Gasteiger partial charge >= 0.3 is 0 Å². The van der Waals surface area contributed by atoms with Gasteiger partial charge in [-0.2, -0.15) is 0 Å². The number of benzene rings is 3. The zero-order valence-electron chi connectivity index (χ0n) is 17.1. The van der Waals surface area contributed by atoms with Crippen molar-refractivity contribution in [1.29, 1.82) is 0 Å². The van der Waals surface area contributed by atoms with Gasteiger partial charge in [-0.15, -0.1) is 12.4 Å². The molecule has 0 aromatic heterocycles. The minimum atomic E-state index is 0. The zero-order valence-corrected chi connectivity index (χ0v) is 18.0. The molecule has 0 saturated carbocycles. The molecule has 1 unspecified atom stereocenters. The molecular weight excluding hydrogens is 382 g/mol. The van der Waals surface area contributed by atoms with Crippen molar-refractivity contribution in [3.05, 3.63) is 95.6 Å². The molecule has 4 heteroatoms. The summed E-state index contributed by atoms with van der Waals surface area (Å²) in [5, 5.41) is 3.71. The lowest BCUT2D eigenvalue weighted by Gasteiger charge is -2.21. The van der Waals surface area contributed by atoms with E-state index in [9.17, 15) is 0 Å². The highest BCUT2D eigenvalue weighted by Crippen LogP contribution is 2.32. The van der Waals surface area contributed by atoms with Crippen LogP contribution in [0.2, 0.25) is 0 Å². The van der Waals surface area contributed by atoms with Crippen LogP contribution in [0.4, 0.5) is 0 Å². The lowest BCUT2D eigenvalue weighted by Crippen LogP contribution is -2.21. The van der Waals surface area contributed by atoms with Crippen LogP contribution in [-0.2, 0) is 13.2 Å². The number of hydrogen-bond donors (Lipinski definition) is 1. The summed E-state index contributed by atoms with van der Waals surface area (Å²) in [7, 11) is 1.69. The summed E-state index contributed by atoms with van der Waals surface area (Å²) in [6, 6.07) is 27.2. The molecule has 0 aliphatic heterocycles. The van der Waals surface area contributed by atoms with Crippen LogP contribution in [0.1, 0.15) is 42.5 Å². The van der Waals surface area contributed by atoms with Crippen molar-refractivity contribution in [3.8, 4) is 11.5 Å². The van der Waals surface area contributed by atoms with Crippen molar-refractivity contribution in [3.63, 3.8) is 0 Å². The minimum Gasteiger partial charge on any atom is -0.493 e. The number of nitrogens with one attached hydrogen (secondary N) is 1. The van der Waals surface area contributed by atoms with Gasteiger partial charge in [-0.3, -0.25) is 0 Å². The van der Waals surface area contributed by atoms with Gasteiger partial charge in [-0.05, 0) is 23.6 Å². The Morgan fingerprint density at radius 3 is 2.21 bits per heavy atom. The number of para-hydroxylation sites is 1. The minimum absolute atomic E-state index is 0. The molecule has 3 nitrogen and oxygen atoms in total. The van der Waals surface area contributed by atoms with Crippen LogP contribution in [0, 0.1) is 0 Å². The highest BCUT2D eigenvalue weighted by Gasteiger charge is 2.14. The molecule has 0 aliphatic rings. The molecule has 29 heavy (non-hydrogen) atoms. The molecule has 0 heterocycles. The smallest absolute Gasteiger partial charge is 0.166 e. The van der Waals surface area contributed by atoms with E-state index in [-0.39, 0.29) is 12.4 Å². The van der Waals surface area contributed by atoms with E-state index in [1.165, 1.54) is 5.56 Å². The SMILES string of the molecule is CCCC(NCc1cccc(OC)c1OCc1ccccc1)c1ccccc1.Cl. The van der Waals surface area contributed by atoms with Crippen molar-refractivity contribution in [2.24, 2.45) is 0 Å². The van der Waals surface area contributed by atoms with E-state index in [2.05, 4.69) is 60.8 Å². The fourth-order valence-electron chi connectivity index (χ4n) is 3.35. The maximum Gasteiger partial charge on any atom is 0.166 e. The normalized spacial score (nSPS) is 11.4. The van der Waals surface area contributed by atoms with Crippen LogP contribution >= 0.6 is 12.4 Å². The quantitative estimate of drug-likeness (QED) is 0.423. The fourth-order valence-corrected chi connectivity index (χ4v) is 3.35. The van der Waals surface area contributed by atoms with E-state index >= 15 is 0 Å². The molecule has 0 fully saturated rings. The topological polar surface area (TPSA) is 30.5 Å². The van der Waals surface area contributed by atoms with Crippen molar-refractivity contribution in [2.45, 2.75) is 39.0 Å². The van der Waals surface area contributed by atoms with Crippen LogP contribution in [0.5, 0.6) is 11.5 Å². The van der Waals surface area contributed by atoms with E-state index in [0.29, 0.717) is 12.6 Å². The number of methoxy groups -OCH3 is 1. The van der Waals surface area contributed by atoms with Gasteiger partial charge in [0.1, 0.15) is 6.61 Å². The number of ether oxygens (including phenoxy) is 2. The lowest BCUT2D eigenvalue weighted by atomic mass is 10.0. The van der Waals surface area contributed by atoms with Gasteiger partial charge < -0.3 is 14.8 Å². The van der Waals surface area contributed by atoms with Gasteiger partial charge in [0.25, 0.3) is 0 Å². The molecule has 3 rings (SSSR count). The molecule has 0 spiro atoms. The van der Waals surface area contributed by atoms with Crippen LogP contribution in [-0.4, -0.2) is 7.11 Å². The van der Waals surface area contributed by atoms with Crippen molar-refractivity contribution in [2.75, 3.05) is 7.11 Å². The molecule has 0 aliphatic carbocycles. The van der Waals surface area contributed by atoms with Crippen LogP contribution in [0.15, 0.2) is 78.9 Å². The summed E-state index contributed by atoms with van der Waals surface area (Å²) in [4.78, 5) is 0. The van der Waals surface area contributed by atoms with Crippen molar-refractivity contribution < 1.29 is 9.47 Å². The standard InChI is InChI=1S/C25H29NO2.ClH/c1-3-11-23(21-14-8-5-9-15-21)26-18-22-16-10-17-24(27-2)25(22)28-19-20-12-6-4-7-13-20;/h4-10,12-17,23,26H,3,11,18-19H2,1-2H3;1H. The Balaban J connectivity index is 0.00000300. The van der Waals surface area contributed by atoms with Gasteiger partial charge in [0.05, 0.1) is 7.11 Å². The molecule has 3 aromatic rings. The average molecular weight is 412 g/mol. The van der Waals surface area contributed by atoms with E-state index in [0.717, 1.165) is 42.0 Å². The van der Waals surface area contributed by atoms with Crippen LogP contribution in [0.25, 0.3) is 0 Å². The first-order valence-electron chi connectivity index (χ1n) is 9.92. The van der Waals surface area contributed by atoms with E-state index < -0.39 is 0 Å². The third-order valence-corrected chi connectivity index (χ3v) is 4.82. The third kappa shape index (κ3) is 6.52. The van der Waals surface area contributed by atoms with Crippen molar-refractivity contribution >= 4 is 12.4 Å². The molecule has 1 atom stereocenters.